The van der Waals surface area contributed by atoms with Crippen LogP contribution in [0.25, 0.3) is 0 Å². The summed E-state index contributed by atoms with van der Waals surface area (Å²) in [5, 5.41) is 9.22. The number of carboxylic acid groups (broad SMARTS) is 1. The molecular formula is C12H18N2O4S. The number of carbonyl (C=O) groups is 1. The third-order valence-electron chi connectivity index (χ3n) is 3.52. The Bertz CT molecular complexity index is 524. The van der Waals surface area contributed by atoms with Crippen molar-refractivity contribution in [2.75, 3.05) is 0 Å². The van der Waals surface area contributed by atoms with Gasteiger partial charge in [0.15, 0.2) is 0 Å². The number of nitrogens with one attached hydrogen (secondary N) is 2. The molecule has 1 fully saturated rings. The number of hydrogen-bond acceptors (Lipinski definition) is 3. The van der Waals surface area contributed by atoms with E-state index in [-0.39, 0.29) is 4.90 Å². The van der Waals surface area contributed by atoms with Gasteiger partial charge in [-0.2, -0.15) is 0 Å². The maximum Gasteiger partial charge on any atom is 0.308 e. The zero-order valence-corrected chi connectivity index (χ0v) is 11.3. The molecular weight excluding hydrogens is 268 g/mol. The van der Waals surface area contributed by atoms with E-state index in [4.69, 9.17) is 0 Å². The van der Waals surface area contributed by atoms with Crippen LogP contribution in [0, 0.1) is 5.92 Å². The molecule has 1 aromatic heterocycles. The molecule has 1 aliphatic carbocycles. The van der Waals surface area contributed by atoms with Gasteiger partial charge < -0.3 is 10.1 Å². The number of hydrogen-bond donors (Lipinski definition) is 3. The predicted octanol–water partition coefficient (Wildman–Crippen LogP) is 1.33. The summed E-state index contributed by atoms with van der Waals surface area (Å²) >= 11 is 0. The average molecular weight is 286 g/mol. The van der Waals surface area contributed by atoms with Crippen molar-refractivity contribution < 1.29 is 18.3 Å². The molecule has 7 heteroatoms. The summed E-state index contributed by atoms with van der Waals surface area (Å²) < 4.78 is 26.8. The van der Waals surface area contributed by atoms with Crippen LogP contribution in [0.1, 0.15) is 32.1 Å². The molecule has 0 bridgehead atoms. The van der Waals surface area contributed by atoms with Crippen molar-refractivity contribution in [3.8, 4) is 0 Å². The van der Waals surface area contributed by atoms with Gasteiger partial charge in [-0.05, 0) is 18.9 Å². The molecule has 1 aliphatic rings. The van der Waals surface area contributed by atoms with Crippen molar-refractivity contribution in [2.24, 2.45) is 5.92 Å². The summed E-state index contributed by atoms with van der Waals surface area (Å²) in [5.74, 6) is -1.57. The van der Waals surface area contributed by atoms with Crippen LogP contribution in [0.2, 0.25) is 0 Å². The first-order valence-corrected chi connectivity index (χ1v) is 7.87. The quantitative estimate of drug-likeness (QED) is 0.727. The maximum atomic E-state index is 12.1. The Morgan fingerprint density at radius 3 is 2.68 bits per heavy atom. The predicted molar refractivity (Wildman–Crippen MR) is 69.1 cm³/mol. The SMILES string of the molecule is O=C(O)C1CCCCCC1NS(=O)(=O)c1cc[nH]c1. The van der Waals surface area contributed by atoms with Crippen LogP contribution in [0.4, 0.5) is 0 Å². The molecule has 2 unspecified atom stereocenters. The van der Waals surface area contributed by atoms with Crippen LogP contribution in [-0.4, -0.2) is 30.5 Å². The van der Waals surface area contributed by atoms with Crippen LogP contribution in [0.15, 0.2) is 23.4 Å². The van der Waals surface area contributed by atoms with E-state index in [1.807, 2.05) is 0 Å². The summed E-state index contributed by atoms with van der Waals surface area (Å²) in [4.78, 5) is 14.1. The topological polar surface area (TPSA) is 99.3 Å². The van der Waals surface area contributed by atoms with Gasteiger partial charge in [0.2, 0.25) is 10.0 Å². The molecule has 3 N–H and O–H groups in total. The van der Waals surface area contributed by atoms with Gasteiger partial charge >= 0.3 is 5.97 Å². The first kappa shape index (κ1) is 14.1. The van der Waals surface area contributed by atoms with Crippen molar-refractivity contribution in [3.05, 3.63) is 18.5 Å². The molecule has 2 rings (SSSR count). The van der Waals surface area contributed by atoms with Crippen LogP contribution in [0.3, 0.4) is 0 Å². The first-order valence-electron chi connectivity index (χ1n) is 6.38. The molecule has 6 nitrogen and oxygen atoms in total. The first-order chi connectivity index (χ1) is 9.00. The summed E-state index contributed by atoms with van der Waals surface area (Å²) in [6, 6.07) is 0.925. The lowest BCUT2D eigenvalue weighted by Crippen LogP contribution is -2.42. The molecule has 0 amide bonds. The smallest absolute Gasteiger partial charge is 0.308 e. The second-order valence-electron chi connectivity index (χ2n) is 4.86. The molecule has 0 aromatic carbocycles. The zero-order valence-electron chi connectivity index (χ0n) is 10.5. The standard InChI is InChI=1S/C12H18N2O4S/c15-12(16)10-4-2-1-3-5-11(10)14-19(17,18)9-6-7-13-8-9/h6-8,10-11,13-14H,1-5H2,(H,15,16). The molecule has 0 spiro atoms. The fraction of sp³-hybridized carbons (Fsp3) is 0.583. The minimum absolute atomic E-state index is 0.140. The van der Waals surface area contributed by atoms with Crippen LogP contribution >= 0.6 is 0 Å². The van der Waals surface area contributed by atoms with Gasteiger partial charge in [-0.25, -0.2) is 13.1 Å². The Balaban J connectivity index is 2.17. The number of H-pyrrole nitrogens is 1. The van der Waals surface area contributed by atoms with Crippen LogP contribution < -0.4 is 4.72 Å². The van der Waals surface area contributed by atoms with Gasteiger partial charge in [0, 0.05) is 18.4 Å². The van der Waals surface area contributed by atoms with E-state index in [0.717, 1.165) is 19.3 Å². The molecule has 1 aromatic rings. The second-order valence-corrected chi connectivity index (χ2v) is 6.57. The van der Waals surface area contributed by atoms with Crippen molar-refractivity contribution in [1.82, 2.24) is 9.71 Å². The van der Waals surface area contributed by atoms with Crippen molar-refractivity contribution in [1.29, 1.82) is 0 Å². The van der Waals surface area contributed by atoms with E-state index in [1.165, 1.54) is 18.5 Å². The van der Waals surface area contributed by atoms with Crippen molar-refractivity contribution in [2.45, 2.75) is 43.0 Å². The molecule has 1 heterocycles. The molecule has 106 valence electrons. The molecule has 0 radical (unpaired) electrons. The van der Waals surface area contributed by atoms with Gasteiger partial charge in [0.05, 0.1) is 10.8 Å². The van der Waals surface area contributed by atoms with E-state index in [0.29, 0.717) is 12.8 Å². The minimum atomic E-state index is -3.64. The van der Waals surface area contributed by atoms with Gasteiger partial charge in [-0.15, -0.1) is 0 Å². The largest absolute Gasteiger partial charge is 0.481 e. The van der Waals surface area contributed by atoms with Gasteiger partial charge in [0.1, 0.15) is 0 Å². The number of aromatic nitrogens is 1. The van der Waals surface area contributed by atoms with Crippen molar-refractivity contribution in [3.63, 3.8) is 0 Å². The normalized spacial score (nSPS) is 24.8. The third kappa shape index (κ3) is 3.36. The summed E-state index contributed by atoms with van der Waals surface area (Å²) in [7, 11) is -3.64. The lowest BCUT2D eigenvalue weighted by Gasteiger charge is -2.22. The highest BCUT2D eigenvalue weighted by Gasteiger charge is 2.32. The molecule has 19 heavy (non-hydrogen) atoms. The van der Waals surface area contributed by atoms with E-state index in [1.54, 1.807) is 0 Å². The fourth-order valence-electron chi connectivity index (χ4n) is 2.49. The maximum absolute atomic E-state index is 12.1. The van der Waals surface area contributed by atoms with Gasteiger partial charge in [-0.3, -0.25) is 4.79 Å². The average Bonchev–Trinajstić information content (AvgIpc) is 2.78. The zero-order chi connectivity index (χ0) is 13.9. The highest BCUT2D eigenvalue weighted by molar-refractivity contribution is 7.89. The molecule has 0 aliphatic heterocycles. The Kier molecular flexibility index (Phi) is 4.26. The number of aromatic amines is 1. The Hall–Kier alpha value is -1.34. The summed E-state index contributed by atoms with van der Waals surface area (Å²) in [6.07, 6.45) is 6.64. The Morgan fingerprint density at radius 1 is 1.32 bits per heavy atom. The monoisotopic (exact) mass is 286 g/mol. The minimum Gasteiger partial charge on any atom is -0.481 e. The number of carboxylic acids is 1. The Labute approximate surface area is 112 Å². The van der Waals surface area contributed by atoms with Crippen molar-refractivity contribution >= 4 is 16.0 Å². The van der Waals surface area contributed by atoms with E-state index in [9.17, 15) is 18.3 Å². The van der Waals surface area contributed by atoms with Gasteiger partial charge in [0.25, 0.3) is 0 Å². The second kappa shape index (κ2) is 5.75. The lowest BCUT2D eigenvalue weighted by atomic mass is 9.96. The van der Waals surface area contributed by atoms with Crippen LogP contribution in [-0.2, 0) is 14.8 Å². The molecule has 0 saturated heterocycles. The van der Waals surface area contributed by atoms with E-state index < -0.39 is 28.0 Å². The summed E-state index contributed by atoms with van der Waals surface area (Å²) in [5.41, 5.74) is 0. The highest BCUT2D eigenvalue weighted by atomic mass is 32.2. The molecule has 2 atom stereocenters. The fourth-order valence-corrected chi connectivity index (χ4v) is 3.77. The van der Waals surface area contributed by atoms with Crippen LogP contribution in [0.5, 0.6) is 0 Å². The third-order valence-corrected chi connectivity index (χ3v) is 5.01. The van der Waals surface area contributed by atoms with E-state index >= 15 is 0 Å². The van der Waals surface area contributed by atoms with E-state index in [2.05, 4.69) is 9.71 Å². The lowest BCUT2D eigenvalue weighted by molar-refractivity contribution is -0.142. The number of rotatable bonds is 4. The highest BCUT2D eigenvalue weighted by Crippen LogP contribution is 2.25. The van der Waals surface area contributed by atoms with Gasteiger partial charge in [-0.1, -0.05) is 19.3 Å². The molecule has 1 saturated carbocycles. The number of sulfonamides is 1. The number of aliphatic carboxylic acids is 1. The summed E-state index contributed by atoms with van der Waals surface area (Å²) in [6.45, 7) is 0. The Morgan fingerprint density at radius 2 is 2.05 bits per heavy atom.